The van der Waals surface area contributed by atoms with Crippen molar-refractivity contribution in [2.75, 3.05) is 0 Å². The van der Waals surface area contributed by atoms with Crippen LogP contribution in [-0.4, -0.2) is 16.7 Å². The van der Waals surface area contributed by atoms with Crippen molar-refractivity contribution >= 4 is 22.4 Å². The molecule has 0 unspecified atom stereocenters. The zero-order chi connectivity index (χ0) is 18.5. The summed E-state index contributed by atoms with van der Waals surface area (Å²) in [4.78, 5) is 12.4. The Morgan fingerprint density at radius 1 is 1.04 bits per heavy atom. The van der Waals surface area contributed by atoms with Crippen LogP contribution in [-0.2, 0) is 6.42 Å². The van der Waals surface area contributed by atoms with E-state index < -0.39 is 5.91 Å². The van der Waals surface area contributed by atoms with Crippen LogP contribution in [0.5, 0.6) is 5.75 Å². The van der Waals surface area contributed by atoms with Crippen molar-refractivity contribution in [2.45, 2.75) is 26.7 Å². The van der Waals surface area contributed by atoms with Crippen LogP contribution in [0, 0.1) is 0 Å². The molecule has 0 aliphatic carbocycles. The number of hydrogen-bond donors (Lipinski definition) is 2. The van der Waals surface area contributed by atoms with Crippen LogP contribution in [0.3, 0.4) is 0 Å². The van der Waals surface area contributed by atoms with Crippen LogP contribution < -0.4 is 5.43 Å². The van der Waals surface area contributed by atoms with Crippen LogP contribution in [0.25, 0.3) is 10.8 Å². The van der Waals surface area contributed by atoms with Gasteiger partial charge in [0.15, 0.2) is 0 Å². The van der Waals surface area contributed by atoms with E-state index in [4.69, 9.17) is 0 Å². The Kier molecular flexibility index (Phi) is 5.32. The van der Waals surface area contributed by atoms with Crippen molar-refractivity contribution in [3.05, 3.63) is 77.4 Å². The van der Waals surface area contributed by atoms with E-state index >= 15 is 0 Å². The van der Waals surface area contributed by atoms with Gasteiger partial charge in [0.25, 0.3) is 5.91 Å². The third-order valence-corrected chi connectivity index (χ3v) is 4.34. The first-order valence-electron chi connectivity index (χ1n) is 8.74. The lowest BCUT2D eigenvalue weighted by atomic mass is 10.1. The number of nitrogens with zero attached hydrogens (tertiary/aromatic N) is 1. The fraction of sp³-hybridized carbons (Fsp3) is 0.182. The molecule has 0 bridgehead atoms. The topological polar surface area (TPSA) is 61.7 Å². The second-order valence-corrected chi connectivity index (χ2v) is 6.30. The molecule has 0 radical (unpaired) electrons. The first kappa shape index (κ1) is 17.7. The van der Waals surface area contributed by atoms with Gasteiger partial charge in [-0.05, 0) is 47.4 Å². The third kappa shape index (κ3) is 3.91. The van der Waals surface area contributed by atoms with Crippen molar-refractivity contribution in [2.24, 2.45) is 5.10 Å². The molecule has 3 rings (SSSR count). The number of hydrazone groups is 1. The number of carbonyl (C=O) groups excluding carboxylic acids is 1. The molecule has 0 fully saturated rings. The van der Waals surface area contributed by atoms with Crippen LogP contribution >= 0.6 is 0 Å². The van der Waals surface area contributed by atoms with Crippen molar-refractivity contribution in [1.82, 2.24) is 5.43 Å². The van der Waals surface area contributed by atoms with Crippen LogP contribution in [0.15, 0.2) is 65.8 Å². The fourth-order valence-corrected chi connectivity index (χ4v) is 2.87. The number of amides is 1. The van der Waals surface area contributed by atoms with Gasteiger partial charge in [-0.2, -0.15) is 5.10 Å². The summed E-state index contributed by atoms with van der Waals surface area (Å²) in [6.45, 7) is 3.99. The predicted molar refractivity (Wildman–Crippen MR) is 106 cm³/mol. The molecule has 0 aromatic heterocycles. The second kappa shape index (κ2) is 7.83. The van der Waals surface area contributed by atoms with Gasteiger partial charge >= 0.3 is 0 Å². The zero-order valence-corrected chi connectivity index (χ0v) is 15.0. The Morgan fingerprint density at radius 3 is 2.35 bits per heavy atom. The monoisotopic (exact) mass is 346 g/mol. The molecular weight excluding hydrogens is 324 g/mol. The minimum atomic E-state index is -0.435. The quantitative estimate of drug-likeness (QED) is 0.522. The van der Waals surface area contributed by atoms with Gasteiger partial charge in [-0.3, -0.25) is 4.79 Å². The smallest absolute Gasteiger partial charge is 0.275 e. The number of aryl methyl sites for hydroxylation is 1. The summed E-state index contributed by atoms with van der Waals surface area (Å²) >= 11 is 0. The van der Waals surface area contributed by atoms with Crippen molar-refractivity contribution in [3.8, 4) is 5.75 Å². The predicted octanol–water partition coefficient (Wildman–Crippen LogP) is 4.65. The summed E-state index contributed by atoms with van der Waals surface area (Å²) < 4.78 is 0. The van der Waals surface area contributed by atoms with E-state index in [2.05, 4.69) is 29.6 Å². The maximum Gasteiger partial charge on any atom is 0.275 e. The first-order chi connectivity index (χ1) is 12.6. The molecule has 0 spiro atoms. The van der Waals surface area contributed by atoms with Crippen LogP contribution in [0.2, 0.25) is 0 Å². The summed E-state index contributed by atoms with van der Waals surface area (Å²) in [5, 5.41) is 16.1. The largest absolute Gasteiger partial charge is 0.507 e. The number of phenolic OH excluding ortho intramolecular Hbond substituents is 1. The number of rotatable bonds is 5. The van der Waals surface area contributed by atoms with Gasteiger partial charge < -0.3 is 5.11 Å². The van der Waals surface area contributed by atoms with Gasteiger partial charge in [0, 0.05) is 0 Å². The summed E-state index contributed by atoms with van der Waals surface area (Å²) in [5.74, 6) is -0.492. The minimum absolute atomic E-state index is 0.0574. The van der Waals surface area contributed by atoms with Crippen molar-refractivity contribution in [1.29, 1.82) is 0 Å². The molecule has 26 heavy (non-hydrogen) atoms. The lowest BCUT2D eigenvalue weighted by Gasteiger charge is -2.07. The molecule has 3 aromatic rings. The van der Waals surface area contributed by atoms with Crippen molar-refractivity contribution in [3.63, 3.8) is 0 Å². The first-order valence-corrected chi connectivity index (χ1v) is 8.74. The maximum absolute atomic E-state index is 12.4. The Balaban J connectivity index is 1.77. The number of carbonyl (C=O) groups is 1. The molecule has 0 heterocycles. The highest BCUT2D eigenvalue weighted by atomic mass is 16.3. The summed E-state index contributed by atoms with van der Waals surface area (Å²) in [6.07, 6.45) is 2.16. The standard InChI is InChI=1S/C22H22N2O2/c1-3-6-16-9-11-17(12-10-16)15(2)23-24-22(26)20-13-18-7-4-5-8-19(18)14-21(20)25/h4-5,7-14,25H,3,6H2,1-2H3,(H,24,26)/b23-15+. The molecule has 4 heteroatoms. The molecular formula is C22H22N2O2. The average Bonchev–Trinajstić information content (AvgIpc) is 2.66. The zero-order valence-electron chi connectivity index (χ0n) is 15.0. The maximum atomic E-state index is 12.4. The number of hydrogen-bond acceptors (Lipinski definition) is 3. The van der Waals surface area contributed by atoms with E-state index in [0.29, 0.717) is 5.71 Å². The molecule has 4 nitrogen and oxygen atoms in total. The molecule has 0 aliphatic heterocycles. The van der Waals surface area contributed by atoms with Crippen molar-refractivity contribution < 1.29 is 9.90 Å². The van der Waals surface area contributed by atoms with Crippen LogP contribution in [0.4, 0.5) is 0 Å². The minimum Gasteiger partial charge on any atom is -0.507 e. The number of nitrogens with one attached hydrogen (secondary N) is 1. The van der Waals surface area contributed by atoms with E-state index in [9.17, 15) is 9.90 Å². The highest BCUT2D eigenvalue weighted by Crippen LogP contribution is 2.24. The molecule has 2 N–H and O–H groups in total. The number of fused-ring (bicyclic) bond motifs is 1. The Hall–Kier alpha value is -3.14. The summed E-state index contributed by atoms with van der Waals surface area (Å²) in [5.41, 5.74) is 5.69. The fourth-order valence-electron chi connectivity index (χ4n) is 2.87. The molecule has 0 saturated carbocycles. The number of benzene rings is 3. The lowest BCUT2D eigenvalue weighted by Crippen LogP contribution is -2.19. The SMILES string of the molecule is CCCc1ccc(/C(C)=N/NC(=O)c2cc3ccccc3cc2O)cc1. The Labute approximate surface area is 153 Å². The molecule has 0 saturated heterocycles. The highest BCUT2D eigenvalue weighted by molar-refractivity contribution is 6.03. The molecule has 1 amide bonds. The summed E-state index contributed by atoms with van der Waals surface area (Å²) in [6, 6.07) is 19.0. The van der Waals surface area contributed by atoms with E-state index in [1.807, 2.05) is 43.3 Å². The molecule has 132 valence electrons. The average molecular weight is 346 g/mol. The molecule has 3 aromatic carbocycles. The number of aromatic hydroxyl groups is 1. The van der Waals surface area contributed by atoms with Crippen LogP contribution in [0.1, 0.15) is 41.8 Å². The van der Waals surface area contributed by atoms with E-state index in [0.717, 1.165) is 29.2 Å². The summed E-state index contributed by atoms with van der Waals surface area (Å²) in [7, 11) is 0. The lowest BCUT2D eigenvalue weighted by molar-refractivity contribution is 0.0952. The van der Waals surface area contributed by atoms with E-state index in [1.165, 1.54) is 5.56 Å². The Bertz CT molecular complexity index is 960. The van der Waals surface area contributed by atoms with Gasteiger partial charge in [0.1, 0.15) is 5.75 Å². The van der Waals surface area contributed by atoms with Gasteiger partial charge in [-0.15, -0.1) is 0 Å². The number of phenols is 1. The second-order valence-electron chi connectivity index (χ2n) is 6.30. The molecule has 0 aliphatic rings. The Morgan fingerprint density at radius 2 is 1.69 bits per heavy atom. The van der Waals surface area contributed by atoms with Gasteiger partial charge in [0.05, 0.1) is 11.3 Å². The highest BCUT2D eigenvalue weighted by Gasteiger charge is 2.12. The molecule has 0 atom stereocenters. The van der Waals surface area contributed by atoms with E-state index in [1.54, 1.807) is 12.1 Å². The van der Waals surface area contributed by atoms with Gasteiger partial charge in [0.2, 0.25) is 0 Å². The van der Waals surface area contributed by atoms with Gasteiger partial charge in [-0.25, -0.2) is 5.43 Å². The normalized spacial score (nSPS) is 11.5. The van der Waals surface area contributed by atoms with E-state index in [-0.39, 0.29) is 11.3 Å². The van der Waals surface area contributed by atoms with Gasteiger partial charge in [-0.1, -0.05) is 61.9 Å². The third-order valence-electron chi connectivity index (χ3n) is 4.34.